The minimum atomic E-state index is -4.34. The van der Waals surface area contributed by atoms with Crippen LogP contribution in [0.1, 0.15) is 5.69 Å². The summed E-state index contributed by atoms with van der Waals surface area (Å²) < 4.78 is 42.0. The van der Waals surface area contributed by atoms with Gasteiger partial charge in [0, 0.05) is 38.9 Å². The van der Waals surface area contributed by atoms with Crippen LogP contribution < -0.4 is 16.6 Å². The first kappa shape index (κ1) is 16.4. The summed E-state index contributed by atoms with van der Waals surface area (Å²) in [6.07, 6.45) is -4.34. The topological polar surface area (TPSA) is 65.3 Å². The van der Waals surface area contributed by atoms with E-state index in [1.807, 2.05) is 0 Å². The van der Waals surface area contributed by atoms with Crippen molar-refractivity contribution < 1.29 is 17.9 Å². The Labute approximate surface area is 112 Å². The van der Waals surface area contributed by atoms with Crippen molar-refractivity contribution in [1.82, 2.24) is 14.5 Å². The van der Waals surface area contributed by atoms with E-state index in [4.69, 9.17) is 0 Å². The van der Waals surface area contributed by atoms with Crippen molar-refractivity contribution in [3.8, 4) is 0 Å². The van der Waals surface area contributed by atoms with E-state index in [1.165, 1.54) is 24.7 Å². The number of hydrogen-bond donors (Lipinski definition) is 1. The van der Waals surface area contributed by atoms with E-state index in [-0.39, 0.29) is 19.7 Å². The molecule has 0 saturated carbocycles. The quantitative estimate of drug-likeness (QED) is 0.735. The molecule has 0 saturated heterocycles. The van der Waals surface area contributed by atoms with Gasteiger partial charge in [-0.2, -0.15) is 13.2 Å². The van der Waals surface area contributed by atoms with Gasteiger partial charge in [-0.05, 0) is 0 Å². The first-order valence-electron chi connectivity index (χ1n) is 5.83. The minimum absolute atomic E-state index is 0.113. The molecule has 0 bridgehead atoms. The van der Waals surface area contributed by atoms with E-state index in [1.54, 1.807) is 0 Å². The van der Waals surface area contributed by atoms with Crippen LogP contribution in [0.5, 0.6) is 0 Å². The van der Waals surface area contributed by atoms with E-state index in [0.29, 0.717) is 5.69 Å². The fourth-order valence-corrected chi connectivity index (χ4v) is 1.50. The summed E-state index contributed by atoms with van der Waals surface area (Å²) in [5.74, 6) is 0. The van der Waals surface area contributed by atoms with Crippen LogP contribution in [0.3, 0.4) is 0 Å². The first-order chi connectivity index (χ1) is 9.22. The average Bonchev–Trinajstić information content (AvgIpc) is 2.35. The molecule has 0 radical (unpaired) electrons. The number of nitrogens with zero attached hydrogens (tertiary/aromatic N) is 2. The molecule has 1 rings (SSSR count). The number of rotatable bonds is 6. The van der Waals surface area contributed by atoms with Crippen LogP contribution in [-0.4, -0.2) is 35.1 Å². The lowest BCUT2D eigenvalue weighted by molar-refractivity contribution is -0.173. The third-order valence-corrected chi connectivity index (χ3v) is 2.62. The van der Waals surface area contributed by atoms with Crippen LogP contribution in [0, 0.1) is 0 Å². The second kappa shape index (κ2) is 6.71. The minimum Gasteiger partial charge on any atom is -0.371 e. The molecular weight excluding hydrogens is 279 g/mol. The Morgan fingerprint density at radius 1 is 1.25 bits per heavy atom. The molecule has 114 valence electrons. The lowest BCUT2D eigenvalue weighted by Gasteiger charge is -2.11. The molecule has 0 aliphatic rings. The summed E-state index contributed by atoms with van der Waals surface area (Å²) in [5.41, 5.74) is -0.435. The highest BCUT2D eigenvalue weighted by Crippen LogP contribution is 2.13. The van der Waals surface area contributed by atoms with E-state index in [2.05, 4.69) is 10.1 Å². The Balaban J connectivity index is 2.44. The molecular formula is C11H16F3N3O3. The fourth-order valence-electron chi connectivity index (χ4n) is 1.50. The summed E-state index contributed by atoms with van der Waals surface area (Å²) in [6.45, 7) is -1.03. The van der Waals surface area contributed by atoms with Crippen molar-refractivity contribution in [2.75, 3.05) is 19.8 Å². The number of aromatic nitrogens is 2. The van der Waals surface area contributed by atoms with Crippen LogP contribution in [-0.2, 0) is 25.4 Å². The predicted molar refractivity (Wildman–Crippen MR) is 65.5 cm³/mol. The lowest BCUT2D eigenvalue weighted by atomic mass is 10.4. The third-order valence-electron chi connectivity index (χ3n) is 2.62. The normalized spacial score (nSPS) is 11.8. The zero-order valence-electron chi connectivity index (χ0n) is 11.2. The summed E-state index contributed by atoms with van der Waals surface area (Å²) in [4.78, 5) is 23.0. The Kier molecular flexibility index (Phi) is 5.52. The fraction of sp³-hybridized carbons (Fsp3) is 0.636. The molecule has 0 aliphatic heterocycles. The van der Waals surface area contributed by atoms with E-state index < -0.39 is 24.0 Å². The summed E-state index contributed by atoms with van der Waals surface area (Å²) >= 11 is 0. The van der Waals surface area contributed by atoms with E-state index >= 15 is 0 Å². The number of hydrogen-bond acceptors (Lipinski definition) is 4. The number of alkyl halides is 3. The summed E-state index contributed by atoms with van der Waals surface area (Å²) in [6, 6.07) is 1.30. The second-order valence-corrected chi connectivity index (χ2v) is 4.22. The van der Waals surface area contributed by atoms with Gasteiger partial charge in [-0.15, -0.1) is 0 Å². The van der Waals surface area contributed by atoms with Crippen LogP contribution in [0.4, 0.5) is 13.2 Å². The Hall–Kier alpha value is -1.61. The van der Waals surface area contributed by atoms with E-state index in [9.17, 15) is 22.8 Å². The number of ether oxygens (including phenoxy) is 1. The van der Waals surface area contributed by atoms with Gasteiger partial charge in [0.25, 0.3) is 5.56 Å². The first-order valence-corrected chi connectivity index (χ1v) is 5.83. The van der Waals surface area contributed by atoms with Crippen molar-refractivity contribution in [3.05, 3.63) is 32.6 Å². The number of nitrogens with one attached hydrogen (secondary N) is 1. The van der Waals surface area contributed by atoms with Crippen molar-refractivity contribution >= 4 is 0 Å². The highest BCUT2D eigenvalue weighted by molar-refractivity contribution is 5.01. The van der Waals surface area contributed by atoms with Gasteiger partial charge in [0.1, 0.15) is 6.61 Å². The molecule has 0 aliphatic carbocycles. The standard InChI is InChI=1S/C11H16F3N3O3/c1-16-8(5-9(18)17(2)10(16)19)6-15-3-4-20-7-11(12,13)14/h5,15H,3-4,6-7H2,1-2H3. The zero-order valence-corrected chi connectivity index (χ0v) is 11.2. The van der Waals surface area contributed by atoms with Crippen LogP contribution in [0.2, 0.25) is 0 Å². The van der Waals surface area contributed by atoms with Gasteiger partial charge in [-0.3, -0.25) is 13.9 Å². The highest BCUT2D eigenvalue weighted by Gasteiger charge is 2.27. The maximum Gasteiger partial charge on any atom is 0.411 e. The molecule has 1 aromatic heterocycles. The molecule has 0 atom stereocenters. The van der Waals surface area contributed by atoms with Gasteiger partial charge < -0.3 is 10.1 Å². The SMILES string of the molecule is Cn1c(CNCCOCC(F)(F)F)cc(=O)n(C)c1=O. The van der Waals surface area contributed by atoms with Crippen molar-refractivity contribution in [1.29, 1.82) is 0 Å². The molecule has 20 heavy (non-hydrogen) atoms. The van der Waals surface area contributed by atoms with Gasteiger partial charge in [0.2, 0.25) is 0 Å². The average molecular weight is 295 g/mol. The molecule has 1 heterocycles. The van der Waals surface area contributed by atoms with Gasteiger partial charge >= 0.3 is 11.9 Å². The van der Waals surface area contributed by atoms with Crippen LogP contribution >= 0.6 is 0 Å². The predicted octanol–water partition coefficient (Wildman–Crippen LogP) is -0.247. The molecule has 1 N–H and O–H groups in total. The van der Waals surface area contributed by atoms with Crippen molar-refractivity contribution in [2.45, 2.75) is 12.7 Å². The van der Waals surface area contributed by atoms with E-state index in [0.717, 1.165) is 4.57 Å². The smallest absolute Gasteiger partial charge is 0.371 e. The zero-order chi connectivity index (χ0) is 15.3. The van der Waals surface area contributed by atoms with Crippen LogP contribution in [0.25, 0.3) is 0 Å². The van der Waals surface area contributed by atoms with Gasteiger partial charge in [-0.1, -0.05) is 0 Å². The summed E-state index contributed by atoms with van der Waals surface area (Å²) in [7, 11) is 2.88. The largest absolute Gasteiger partial charge is 0.411 e. The van der Waals surface area contributed by atoms with Crippen molar-refractivity contribution in [3.63, 3.8) is 0 Å². The molecule has 0 fully saturated rings. The van der Waals surface area contributed by atoms with Gasteiger partial charge in [-0.25, -0.2) is 4.79 Å². The van der Waals surface area contributed by atoms with Crippen LogP contribution in [0.15, 0.2) is 15.7 Å². The maximum absolute atomic E-state index is 11.8. The molecule has 0 aromatic carbocycles. The molecule has 6 nitrogen and oxygen atoms in total. The lowest BCUT2D eigenvalue weighted by Crippen LogP contribution is -2.39. The maximum atomic E-state index is 11.8. The third kappa shape index (κ3) is 4.82. The van der Waals surface area contributed by atoms with Gasteiger partial charge in [0.15, 0.2) is 0 Å². The highest BCUT2D eigenvalue weighted by atomic mass is 19.4. The Morgan fingerprint density at radius 3 is 2.50 bits per heavy atom. The number of halogens is 3. The molecule has 9 heteroatoms. The van der Waals surface area contributed by atoms with Crippen molar-refractivity contribution in [2.24, 2.45) is 14.1 Å². The molecule has 0 spiro atoms. The monoisotopic (exact) mass is 295 g/mol. The second-order valence-electron chi connectivity index (χ2n) is 4.22. The Morgan fingerprint density at radius 2 is 1.90 bits per heavy atom. The Bertz CT molecular complexity index is 563. The summed E-state index contributed by atoms with van der Waals surface area (Å²) in [5, 5.41) is 2.80. The molecule has 0 unspecified atom stereocenters. The molecule has 1 aromatic rings. The van der Waals surface area contributed by atoms with Gasteiger partial charge in [0.05, 0.1) is 6.61 Å². The molecule has 0 amide bonds.